The fourth-order valence-corrected chi connectivity index (χ4v) is 1.92. The van der Waals surface area contributed by atoms with Crippen molar-refractivity contribution in [3.05, 3.63) is 35.4 Å². The smallest absolute Gasteiger partial charge is 0.396 e. The van der Waals surface area contributed by atoms with Crippen LogP contribution in [0, 0.1) is 0 Å². The van der Waals surface area contributed by atoms with Crippen LogP contribution in [-0.2, 0) is 6.18 Å². The molecule has 0 aromatic heterocycles. The summed E-state index contributed by atoms with van der Waals surface area (Å²) < 4.78 is 38.4. The largest absolute Gasteiger partial charge is 0.416 e. The van der Waals surface area contributed by atoms with Crippen LogP contribution in [0.5, 0.6) is 0 Å². The SMILES string of the molecule is CC(N)C(CCO)c1ccccc1C(F)(F)F. The van der Waals surface area contributed by atoms with E-state index >= 15 is 0 Å². The summed E-state index contributed by atoms with van der Waals surface area (Å²) in [6.07, 6.45) is -4.16. The Morgan fingerprint density at radius 1 is 1.29 bits per heavy atom. The Bertz CT molecular complexity index is 363. The molecule has 96 valence electrons. The van der Waals surface area contributed by atoms with Crippen molar-refractivity contribution in [2.45, 2.75) is 31.5 Å². The highest BCUT2D eigenvalue weighted by molar-refractivity contribution is 5.33. The van der Waals surface area contributed by atoms with Crippen LogP contribution < -0.4 is 5.73 Å². The van der Waals surface area contributed by atoms with Gasteiger partial charge in [-0.1, -0.05) is 18.2 Å². The van der Waals surface area contributed by atoms with Crippen LogP contribution in [0.25, 0.3) is 0 Å². The number of rotatable bonds is 4. The molecule has 0 amide bonds. The summed E-state index contributed by atoms with van der Waals surface area (Å²) in [5.74, 6) is -0.488. The second kappa shape index (κ2) is 5.51. The number of halogens is 3. The summed E-state index contributed by atoms with van der Waals surface area (Å²) in [5, 5.41) is 8.90. The maximum absolute atomic E-state index is 12.8. The molecule has 1 rings (SSSR count). The number of hydrogen-bond donors (Lipinski definition) is 2. The van der Waals surface area contributed by atoms with Gasteiger partial charge in [-0.05, 0) is 25.0 Å². The van der Waals surface area contributed by atoms with Gasteiger partial charge in [-0.15, -0.1) is 0 Å². The molecule has 0 bridgehead atoms. The van der Waals surface area contributed by atoms with E-state index in [1.54, 1.807) is 13.0 Å². The van der Waals surface area contributed by atoms with Gasteiger partial charge in [-0.25, -0.2) is 0 Å². The Morgan fingerprint density at radius 3 is 2.35 bits per heavy atom. The van der Waals surface area contributed by atoms with E-state index in [0.29, 0.717) is 0 Å². The van der Waals surface area contributed by atoms with Crippen molar-refractivity contribution < 1.29 is 18.3 Å². The fourth-order valence-electron chi connectivity index (χ4n) is 1.92. The molecule has 0 saturated heterocycles. The lowest BCUT2D eigenvalue weighted by Crippen LogP contribution is -2.27. The molecule has 0 aliphatic rings. The summed E-state index contributed by atoms with van der Waals surface area (Å²) in [5.41, 5.74) is 5.17. The van der Waals surface area contributed by atoms with Crippen LogP contribution in [0.15, 0.2) is 24.3 Å². The summed E-state index contributed by atoms with van der Waals surface area (Å²) in [6, 6.07) is 4.93. The van der Waals surface area contributed by atoms with Crippen molar-refractivity contribution >= 4 is 0 Å². The predicted octanol–water partition coefficient (Wildman–Crippen LogP) is 2.52. The number of benzene rings is 1. The highest BCUT2D eigenvalue weighted by Crippen LogP contribution is 2.36. The van der Waals surface area contributed by atoms with Crippen molar-refractivity contribution in [3.63, 3.8) is 0 Å². The highest BCUT2D eigenvalue weighted by Gasteiger charge is 2.35. The van der Waals surface area contributed by atoms with Crippen LogP contribution in [-0.4, -0.2) is 17.8 Å². The van der Waals surface area contributed by atoms with Gasteiger partial charge in [-0.3, -0.25) is 0 Å². The van der Waals surface area contributed by atoms with Crippen molar-refractivity contribution in [1.29, 1.82) is 0 Å². The van der Waals surface area contributed by atoms with Crippen molar-refractivity contribution in [2.24, 2.45) is 5.73 Å². The zero-order valence-electron chi connectivity index (χ0n) is 9.54. The quantitative estimate of drug-likeness (QED) is 0.858. The molecule has 0 heterocycles. The van der Waals surface area contributed by atoms with Gasteiger partial charge in [0.05, 0.1) is 5.56 Å². The van der Waals surface area contributed by atoms with E-state index < -0.39 is 23.7 Å². The molecule has 1 aromatic carbocycles. The molecular weight excluding hydrogens is 231 g/mol. The molecule has 0 aliphatic carbocycles. The number of nitrogens with two attached hydrogens (primary N) is 1. The molecule has 5 heteroatoms. The molecule has 0 spiro atoms. The Kier molecular flexibility index (Phi) is 4.54. The van der Waals surface area contributed by atoms with Crippen LogP contribution >= 0.6 is 0 Å². The Labute approximate surface area is 98.3 Å². The van der Waals surface area contributed by atoms with E-state index in [0.717, 1.165) is 6.07 Å². The lowest BCUT2D eigenvalue weighted by atomic mass is 9.87. The Hall–Kier alpha value is -1.07. The summed E-state index contributed by atoms with van der Waals surface area (Å²) in [7, 11) is 0. The van der Waals surface area contributed by atoms with Gasteiger partial charge in [0.1, 0.15) is 0 Å². The maximum Gasteiger partial charge on any atom is 0.416 e. The van der Waals surface area contributed by atoms with E-state index in [2.05, 4.69) is 0 Å². The molecule has 3 N–H and O–H groups in total. The lowest BCUT2D eigenvalue weighted by molar-refractivity contribution is -0.138. The standard InChI is InChI=1S/C12H16F3NO/c1-8(16)9(6-7-17)10-4-2-3-5-11(10)12(13,14)15/h2-5,8-9,17H,6-7,16H2,1H3. The number of hydrogen-bond acceptors (Lipinski definition) is 2. The first-order chi connectivity index (χ1) is 7.88. The minimum absolute atomic E-state index is 0.157. The monoisotopic (exact) mass is 247 g/mol. The third-order valence-corrected chi connectivity index (χ3v) is 2.74. The van der Waals surface area contributed by atoms with Crippen LogP contribution in [0.2, 0.25) is 0 Å². The molecule has 2 nitrogen and oxygen atoms in total. The topological polar surface area (TPSA) is 46.2 Å². The van der Waals surface area contributed by atoms with Gasteiger partial charge in [0.15, 0.2) is 0 Å². The molecule has 17 heavy (non-hydrogen) atoms. The van der Waals surface area contributed by atoms with Crippen LogP contribution in [0.3, 0.4) is 0 Å². The highest BCUT2D eigenvalue weighted by atomic mass is 19.4. The average molecular weight is 247 g/mol. The minimum Gasteiger partial charge on any atom is -0.396 e. The predicted molar refractivity (Wildman–Crippen MR) is 59.5 cm³/mol. The molecule has 0 aliphatic heterocycles. The normalized spacial score (nSPS) is 15.6. The maximum atomic E-state index is 12.8. The van der Waals surface area contributed by atoms with Crippen LogP contribution in [0.1, 0.15) is 30.4 Å². The van der Waals surface area contributed by atoms with E-state index in [-0.39, 0.29) is 18.6 Å². The van der Waals surface area contributed by atoms with Crippen LogP contribution in [0.4, 0.5) is 13.2 Å². The second-order valence-corrected chi connectivity index (χ2v) is 4.06. The van der Waals surface area contributed by atoms with E-state index in [4.69, 9.17) is 10.8 Å². The molecule has 0 fully saturated rings. The van der Waals surface area contributed by atoms with Gasteiger partial charge in [-0.2, -0.15) is 13.2 Å². The van der Waals surface area contributed by atoms with Crippen molar-refractivity contribution in [1.82, 2.24) is 0 Å². The fraction of sp³-hybridized carbons (Fsp3) is 0.500. The molecule has 2 unspecified atom stereocenters. The van der Waals surface area contributed by atoms with Gasteiger partial charge < -0.3 is 10.8 Å². The summed E-state index contributed by atoms with van der Waals surface area (Å²) in [4.78, 5) is 0. The zero-order chi connectivity index (χ0) is 13.1. The first-order valence-electron chi connectivity index (χ1n) is 5.40. The van der Waals surface area contributed by atoms with Gasteiger partial charge in [0.25, 0.3) is 0 Å². The van der Waals surface area contributed by atoms with Crippen molar-refractivity contribution in [3.8, 4) is 0 Å². The summed E-state index contributed by atoms with van der Waals surface area (Å²) in [6.45, 7) is 1.46. The third kappa shape index (κ3) is 3.44. The molecule has 2 atom stereocenters. The summed E-state index contributed by atoms with van der Waals surface area (Å²) >= 11 is 0. The number of alkyl halides is 3. The first-order valence-corrected chi connectivity index (χ1v) is 5.40. The Morgan fingerprint density at radius 2 is 1.88 bits per heavy atom. The van der Waals surface area contributed by atoms with E-state index in [1.807, 2.05) is 0 Å². The first kappa shape index (κ1) is 14.0. The van der Waals surface area contributed by atoms with Crippen molar-refractivity contribution in [2.75, 3.05) is 6.61 Å². The third-order valence-electron chi connectivity index (χ3n) is 2.74. The number of aliphatic hydroxyl groups excluding tert-OH is 1. The van der Waals surface area contributed by atoms with Gasteiger partial charge >= 0.3 is 6.18 Å². The zero-order valence-corrected chi connectivity index (χ0v) is 9.54. The van der Waals surface area contributed by atoms with E-state index in [9.17, 15) is 13.2 Å². The Balaban J connectivity index is 3.19. The second-order valence-electron chi connectivity index (χ2n) is 4.06. The lowest BCUT2D eigenvalue weighted by Gasteiger charge is -2.24. The van der Waals surface area contributed by atoms with Gasteiger partial charge in [0.2, 0.25) is 0 Å². The van der Waals surface area contributed by atoms with Gasteiger partial charge in [0, 0.05) is 18.6 Å². The average Bonchev–Trinajstić information content (AvgIpc) is 2.24. The minimum atomic E-state index is -4.39. The molecular formula is C12H16F3NO. The molecule has 0 saturated carbocycles. The van der Waals surface area contributed by atoms with E-state index in [1.165, 1.54) is 12.1 Å². The number of aliphatic hydroxyl groups is 1. The molecule has 0 radical (unpaired) electrons. The molecule has 1 aromatic rings.